The Morgan fingerprint density at radius 3 is 2.92 bits per heavy atom. The lowest BCUT2D eigenvalue weighted by Crippen LogP contribution is -1.84. The molecule has 1 aromatic heterocycles. The van der Waals surface area contributed by atoms with Crippen LogP contribution in [0.25, 0.3) is 10.9 Å². The molecular weight excluding hydrogens is 162 g/mol. The highest BCUT2D eigenvalue weighted by molar-refractivity contribution is 5.80. The maximum Gasteiger partial charge on any atom is 0.116 e. The van der Waals surface area contributed by atoms with Crippen molar-refractivity contribution in [3.8, 4) is 5.75 Å². The summed E-state index contributed by atoms with van der Waals surface area (Å²) in [5, 5.41) is 10.3. The van der Waals surface area contributed by atoms with Crippen molar-refractivity contribution in [2.24, 2.45) is 0 Å². The number of hydrogen-bond acceptors (Lipinski definition) is 2. The number of phenols is 1. The molecule has 0 aliphatic heterocycles. The van der Waals surface area contributed by atoms with Gasteiger partial charge in [-0.25, -0.2) is 0 Å². The van der Waals surface area contributed by atoms with E-state index in [0.717, 1.165) is 17.3 Å². The highest BCUT2D eigenvalue weighted by Gasteiger charge is 1.97. The highest BCUT2D eigenvalue weighted by atomic mass is 16.3. The van der Waals surface area contributed by atoms with E-state index in [1.54, 1.807) is 12.1 Å². The number of aryl methyl sites for hydroxylation is 1. The Kier molecular flexibility index (Phi) is 1.89. The molecule has 0 unspecified atom stereocenters. The summed E-state index contributed by atoms with van der Waals surface area (Å²) in [5.74, 6) is 0.294. The van der Waals surface area contributed by atoms with E-state index in [2.05, 4.69) is 18.0 Å². The van der Waals surface area contributed by atoms with Crippen LogP contribution < -0.4 is 0 Å². The molecule has 0 spiro atoms. The standard InChI is InChI=1S/C11H11NO/c1-2-8-5-9-6-10(13)3-4-11(9)12-7-8/h3-7,13H,2H2,1H3. The normalized spacial score (nSPS) is 10.5. The number of rotatable bonds is 1. The molecule has 2 aromatic rings. The first-order valence-electron chi connectivity index (χ1n) is 4.37. The number of hydrogen-bond donors (Lipinski definition) is 1. The average Bonchev–Trinajstić information content (AvgIpc) is 2.16. The van der Waals surface area contributed by atoms with Crippen molar-refractivity contribution >= 4 is 10.9 Å². The minimum atomic E-state index is 0.294. The van der Waals surface area contributed by atoms with Crippen LogP contribution in [0.15, 0.2) is 30.5 Å². The second kappa shape index (κ2) is 3.05. The van der Waals surface area contributed by atoms with E-state index >= 15 is 0 Å². The smallest absolute Gasteiger partial charge is 0.116 e. The molecule has 66 valence electrons. The van der Waals surface area contributed by atoms with Crippen molar-refractivity contribution in [2.45, 2.75) is 13.3 Å². The number of fused-ring (bicyclic) bond motifs is 1. The zero-order valence-electron chi connectivity index (χ0n) is 7.49. The van der Waals surface area contributed by atoms with Gasteiger partial charge in [0.2, 0.25) is 0 Å². The Morgan fingerprint density at radius 2 is 2.15 bits per heavy atom. The second-order valence-corrected chi connectivity index (χ2v) is 3.07. The van der Waals surface area contributed by atoms with Gasteiger partial charge in [0.25, 0.3) is 0 Å². The van der Waals surface area contributed by atoms with E-state index in [1.807, 2.05) is 12.3 Å². The molecule has 0 bridgehead atoms. The predicted octanol–water partition coefficient (Wildman–Crippen LogP) is 2.50. The predicted molar refractivity (Wildman–Crippen MR) is 52.8 cm³/mol. The summed E-state index contributed by atoms with van der Waals surface area (Å²) in [5.41, 5.74) is 2.12. The number of aromatic hydroxyl groups is 1. The molecule has 13 heavy (non-hydrogen) atoms. The quantitative estimate of drug-likeness (QED) is 0.718. The highest BCUT2D eigenvalue weighted by Crippen LogP contribution is 2.18. The van der Waals surface area contributed by atoms with E-state index < -0.39 is 0 Å². The SMILES string of the molecule is CCc1cnc2ccc(O)cc2c1. The van der Waals surface area contributed by atoms with Gasteiger partial charge >= 0.3 is 0 Å². The molecule has 1 N–H and O–H groups in total. The van der Waals surface area contributed by atoms with Gasteiger partial charge in [-0.2, -0.15) is 0 Å². The summed E-state index contributed by atoms with van der Waals surface area (Å²) in [6.07, 6.45) is 2.85. The van der Waals surface area contributed by atoms with E-state index in [1.165, 1.54) is 5.56 Å². The molecular formula is C11H11NO. The molecule has 0 aliphatic rings. The summed E-state index contributed by atoms with van der Waals surface area (Å²) in [7, 11) is 0. The van der Waals surface area contributed by atoms with Crippen LogP contribution in [0.4, 0.5) is 0 Å². The van der Waals surface area contributed by atoms with Gasteiger partial charge in [-0.15, -0.1) is 0 Å². The van der Waals surface area contributed by atoms with Crippen LogP contribution in [0.1, 0.15) is 12.5 Å². The van der Waals surface area contributed by atoms with Crippen LogP contribution in [-0.2, 0) is 6.42 Å². The molecule has 0 atom stereocenters. The van der Waals surface area contributed by atoms with Gasteiger partial charge in [0, 0.05) is 11.6 Å². The molecule has 0 saturated heterocycles. The third-order valence-electron chi connectivity index (χ3n) is 2.13. The number of nitrogens with zero attached hydrogens (tertiary/aromatic N) is 1. The van der Waals surface area contributed by atoms with Crippen LogP contribution in [-0.4, -0.2) is 10.1 Å². The first kappa shape index (κ1) is 8.05. The summed E-state index contributed by atoms with van der Waals surface area (Å²) in [4.78, 5) is 4.28. The Morgan fingerprint density at radius 1 is 1.31 bits per heavy atom. The maximum absolute atomic E-state index is 9.27. The molecule has 2 heteroatoms. The topological polar surface area (TPSA) is 33.1 Å². The summed E-state index contributed by atoms with van der Waals surface area (Å²) < 4.78 is 0. The lowest BCUT2D eigenvalue weighted by Gasteiger charge is -2.00. The molecule has 0 fully saturated rings. The molecule has 2 nitrogen and oxygen atoms in total. The molecule has 0 saturated carbocycles. The van der Waals surface area contributed by atoms with E-state index in [9.17, 15) is 5.11 Å². The van der Waals surface area contributed by atoms with Crippen molar-refractivity contribution in [1.82, 2.24) is 4.98 Å². The van der Waals surface area contributed by atoms with Gasteiger partial charge in [0.1, 0.15) is 5.75 Å². The van der Waals surface area contributed by atoms with Gasteiger partial charge in [0.15, 0.2) is 0 Å². The molecule has 0 amide bonds. The average molecular weight is 173 g/mol. The summed E-state index contributed by atoms with van der Waals surface area (Å²) in [6, 6.07) is 7.27. The zero-order valence-corrected chi connectivity index (χ0v) is 7.49. The maximum atomic E-state index is 9.27. The van der Waals surface area contributed by atoms with Gasteiger partial charge in [0.05, 0.1) is 5.52 Å². The fraction of sp³-hybridized carbons (Fsp3) is 0.182. The zero-order chi connectivity index (χ0) is 9.26. The first-order chi connectivity index (χ1) is 6.29. The Balaban J connectivity index is 2.68. The van der Waals surface area contributed by atoms with Crippen molar-refractivity contribution in [1.29, 1.82) is 0 Å². The molecule has 1 heterocycles. The lowest BCUT2D eigenvalue weighted by atomic mass is 10.1. The Hall–Kier alpha value is -1.57. The van der Waals surface area contributed by atoms with Crippen LogP contribution in [0.5, 0.6) is 5.75 Å². The lowest BCUT2D eigenvalue weighted by molar-refractivity contribution is 0.476. The fourth-order valence-corrected chi connectivity index (χ4v) is 1.36. The summed E-state index contributed by atoms with van der Waals surface area (Å²) in [6.45, 7) is 2.09. The van der Waals surface area contributed by atoms with Crippen LogP contribution >= 0.6 is 0 Å². The van der Waals surface area contributed by atoms with Crippen LogP contribution in [0.3, 0.4) is 0 Å². The Labute approximate surface area is 76.9 Å². The van der Waals surface area contributed by atoms with E-state index in [4.69, 9.17) is 0 Å². The summed E-state index contributed by atoms with van der Waals surface area (Å²) >= 11 is 0. The monoisotopic (exact) mass is 173 g/mol. The van der Waals surface area contributed by atoms with Crippen molar-refractivity contribution in [3.63, 3.8) is 0 Å². The van der Waals surface area contributed by atoms with Crippen molar-refractivity contribution in [3.05, 3.63) is 36.0 Å². The number of aromatic nitrogens is 1. The molecule has 0 aliphatic carbocycles. The van der Waals surface area contributed by atoms with Crippen LogP contribution in [0, 0.1) is 0 Å². The third-order valence-corrected chi connectivity index (χ3v) is 2.13. The van der Waals surface area contributed by atoms with Gasteiger partial charge < -0.3 is 5.11 Å². The minimum absolute atomic E-state index is 0.294. The number of pyridine rings is 1. The Bertz CT molecular complexity index is 437. The van der Waals surface area contributed by atoms with Gasteiger partial charge in [-0.3, -0.25) is 4.98 Å². The van der Waals surface area contributed by atoms with Gasteiger partial charge in [-0.05, 0) is 36.2 Å². The van der Waals surface area contributed by atoms with Crippen LogP contribution in [0.2, 0.25) is 0 Å². The van der Waals surface area contributed by atoms with Gasteiger partial charge in [-0.1, -0.05) is 6.92 Å². The van der Waals surface area contributed by atoms with Crippen molar-refractivity contribution in [2.75, 3.05) is 0 Å². The molecule has 0 radical (unpaired) electrons. The number of benzene rings is 1. The largest absolute Gasteiger partial charge is 0.508 e. The fourth-order valence-electron chi connectivity index (χ4n) is 1.36. The van der Waals surface area contributed by atoms with E-state index in [0.29, 0.717) is 5.75 Å². The van der Waals surface area contributed by atoms with Crippen molar-refractivity contribution < 1.29 is 5.11 Å². The minimum Gasteiger partial charge on any atom is -0.508 e. The first-order valence-corrected chi connectivity index (χ1v) is 4.37. The van der Waals surface area contributed by atoms with E-state index in [-0.39, 0.29) is 0 Å². The molecule has 1 aromatic carbocycles. The second-order valence-electron chi connectivity index (χ2n) is 3.07. The number of phenolic OH excluding ortho intramolecular Hbond substituents is 1. The molecule has 2 rings (SSSR count). The third kappa shape index (κ3) is 1.47.